The zero-order valence-electron chi connectivity index (χ0n) is 17.7. The molecule has 3 aromatic carbocycles. The number of imide groups is 1. The van der Waals surface area contributed by atoms with Crippen molar-refractivity contribution in [3.8, 4) is 5.75 Å². The first-order valence-corrected chi connectivity index (χ1v) is 10.6. The number of carbonyl (C=O) groups is 3. The van der Waals surface area contributed by atoms with Gasteiger partial charge in [0.1, 0.15) is 17.6 Å². The molecular formula is C25H20ClFN2O4. The van der Waals surface area contributed by atoms with Gasteiger partial charge in [0.15, 0.2) is 0 Å². The Morgan fingerprint density at radius 2 is 1.73 bits per heavy atom. The maximum absolute atomic E-state index is 14.4. The third kappa shape index (κ3) is 4.45. The predicted molar refractivity (Wildman–Crippen MR) is 122 cm³/mol. The second-order valence-electron chi connectivity index (χ2n) is 7.49. The van der Waals surface area contributed by atoms with Gasteiger partial charge in [0.25, 0.3) is 11.8 Å². The first-order chi connectivity index (χ1) is 15.9. The lowest BCUT2D eigenvalue weighted by Crippen LogP contribution is -2.45. The average molecular weight is 467 g/mol. The van der Waals surface area contributed by atoms with Crippen LogP contribution in [-0.2, 0) is 16.1 Å². The first kappa shape index (κ1) is 22.5. The van der Waals surface area contributed by atoms with Crippen molar-refractivity contribution in [3.05, 3.63) is 94.8 Å². The van der Waals surface area contributed by atoms with Gasteiger partial charge in [0.05, 0.1) is 24.8 Å². The molecule has 0 aromatic heterocycles. The number of rotatable bonds is 6. The summed E-state index contributed by atoms with van der Waals surface area (Å²) in [6.45, 7) is -0.0625. The normalized spacial score (nSPS) is 15.6. The highest BCUT2D eigenvalue weighted by atomic mass is 35.5. The van der Waals surface area contributed by atoms with E-state index in [2.05, 4.69) is 0 Å². The van der Waals surface area contributed by atoms with Crippen LogP contribution in [0.4, 0.5) is 10.1 Å². The van der Waals surface area contributed by atoms with Crippen molar-refractivity contribution in [3.63, 3.8) is 0 Å². The van der Waals surface area contributed by atoms with Crippen LogP contribution in [0.15, 0.2) is 72.8 Å². The van der Waals surface area contributed by atoms with E-state index in [4.69, 9.17) is 16.3 Å². The van der Waals surface area contributed by atoms with Gasteiger partial charge >= 0.3 is 0 Å². The van der Waals surface area contributed by atoms with Gasteiger partial charge in [-0.05, 0) is 48.0 Å². The minimum Gasteiger partial charge on any atom is -0.497 e. The number of hydrogen-bond acceptors (Lipinski definition) is 4. The number of ether oxygens (including phenoxy) is 1. The zero-order chi connectivity index (χ0) is 23.5. The average Bonchev–Trinajstić information content (AvgIpc) is 3.12. The van der Waals surface area contributed by atoms with E-state index in [0.29, 0.717) is 22.0 Å². The summed E-state index contributed by atoms with van der Waals surface area (Å²) >= 11 is 6.29. The van der Waals surface area contributed by atoms with Crippen LogP contribution in [0.25, 0.3) is 0 Å². The molecule has 0 radical (unpaired) electrons. The monoisotopic (exact) mass is 466 g/mol. The Balaban J connectivity index is 1.71. The predicted octanol–water partition coefficient (Wildman–Crippen LogP) is 4.46. The highest BCUT2D eigenvalue weighted by Gasteiger charge is 2.45. The Kier molecular flexibility index (Phi) is 6.42. The van der Waals surface area contributed by atoms with E-state index < -0.39 is 29.6 Å². The summed E-state index contributed by atoms with van der Waals surface area (Å²) < 4.78 is 19.6. The van der Waals surface area contributed by atoms with Crippen molar-refractivity contribution < 1.29 is 23.5 Å². The van der Waals surface area contributed by atoms with E-state index in [-0.39, 0.29) is 18.5 Å². The molecule has 0 N–H and O–H groups in total. The molecule has 0 aliphatic carbocycles. The molecule has 1 heterocycles. The van der Waals surface area contributed by atoms with Gasteiger partial charge in [-0.2, -0.15) is 0 Å². The molecule has 3 aromatic rings. The van der Waals surface area contributed by atoms with Crippen LogP contribution in [0.1, 0.15) is 22.3 Å². The molecule has 1 atom stereocenters. The quantitative estimate of drug-likeness (QED) is 0.503. The van der Waals surface area contributed by atoms with Gasteiger partial charge in [0, 0.05) is 11.6 Å². The van der Waals surface area contributed by atoms with Gasteiger partial charge in [-0.25, -0.2) is 9.29 Å². The molecule has 0 saturated carbocycles. The van der Waals surface area contributed by atoms with Crippen molar-refractivity contribution in [2.75, 3.05) is 12.0 Å². The Hall–Kier alpha value is -3.71. The van der Waals surface area contributed by atoms with Crippen molar-refractivity contribution in [1.82, 2.24) is 4.90 Å². The van der Waals surface area contributed by atoms with Crippen molar-refractivity contribution >= 4 is 35.0 Å². The van der Waals surface area contributed by atoms with E-state index in [1.807, 2.05) is 0 Å². The van der Waals surface area contributed by atoms with Crippen LogP contribution in [0.2, 0.25) is 5.02 Å². The topological polar surface area (TPSA) is 66.9 Å². The molecule has 0 bridgehead atoms. The molecule has 1 aliphatic heterocycles. The number of anilines is 1. The van der Waals surface area contributed by atoms with E-state index >= 15 is 0 Å². The molecule has 1 saturated heterocycles. The summed E-state index contributed by atoms with van der Waals surface area (Å²) in [6.07, 6.45) is -0.227. The van der Waals surface area contributed by atoms with Crippen LogP contribution < -0.4 is 9.64 Å². The largest absolute Gasteiger partial charge is 0.497 e. The van der Waals surface area contributed by atoms with Crippen LogP contribution in [0.3, 0.4) is 0 Å². The summed E-state index contributed by atoms with van der Waals surface area (Å²) in [6, 6.07) is 17.7. The van der Waals surface area contributed by atoms with Gasteiger partial charge < -0.3 is 9.64 Å². The zero-order valence-corrected chi connectivity index (χ0v) is 18.5. The van der Waals surface area contributed by atoms with Gasteiger partial charge in [-0.3, -0.25) is 14.4 Å². The van der Waals surface area contributed by atoms with E-state index in [9.17, 15) is 18.8 Å². The molecule has 6 nitrogen and oxygen atoms in total. The Labute approximate surface area is 195 Å². The summed E-state index contributed by atoms with van der Waals surface area (Å²) in [7, 11) is 1.51. The Bertz CT molecular complexity index is 1220. The summed E-state index contributed by atoms with van der Waals surface area (Å²) in [4.78, 5) is 41.8. The molecule has 1 aliphatic rings. The molecule has 168 valence electrons. The van der Waals surface area contributed by atoms with Gasteiger partial charge in [-0.15, -0.1) is 0 Å². The molecule has 0 spiro atoms. The number of carbonyl (C=O) groups excluding carboxylic acids is 3. The number of nitrogens with zero attached hydrogens (tertiary/aromatic N) is 2. The molecule has 4 rings (SSSR count). The minimum absolute atomic E-state index is 0.0625. The van der Waals surface area contributed by atoms with Crippen LogP contribution in [0, 0.1) is 5.82 Å². The van der Waals surface area contributed by atoms with Crippen molar-refractivity contribution in [1.29, 1.82) is 0 Å². The molecule has 1 fully saturated rings. The van der Waals surface area contributed by atoms with Gasteiger partial charge in [0.2, 0.25) is 5.91 Å². The highest BCUT2D eigenvalue weighted by Crippen LogP contribution is 2.30. The Morgan fingerprint density at radius 1 is 1.06 bits per heavy atom. The number of benzene rings is 3. The highest BCUT2D eigenvalue weighted by molar-refractivity contribution is 6.31. The smallest absolute Gasteiger partial charge is 0.257 e. The number of amides is 3. The SMILES string of the molecule is COc1ccc(N2C(=O)CC(N(Cc3ccccc3Cl)C(=O)c3ccccc3F)C2=O)cc1. The minimum atomic E-state index is -1.11. The maximum atomic E-state index is 14.4. The number of halogens is 2. The summed E-state index contributed by atoms with van der Waals surface area (Å²) in [5.74, 6) is -1.86. The molecule has 1 unspecified atom stereocenters. The summed E-state index contributed by atoms with van der Waals surface area (Å²) in [5, 5.41) is 0.396. The molecule has 8 heteroatoms. The van der Waals surface area contributed by atoms with E-state index in [0.717, 1.165) is 4.90 Å². The number of hydrogen-bond donors (Lipinski definition) is 0. The standard InChI is InChI=1S/C25H20ClFN2O4/c1-33-18-12-10-17(11-13-18)29-23(30)14-22(25(29)32)28(15-16-6-2-4-8-20(16)26)24(31)19-7-3-5-9-21(19)27/h2-13,22H,14-15H2,1H3. The number of methoxy groups -OCH3 is 1. The third-order valence-electron chi connectivity index (χ3n) is 5.49. The second kappa shape index (κ2) is 9.42. The van der Waals surface area contributed by atoms with E-state index in [1.165, 1.54) is 36.3 Å². The van der Waals surface area contributed by atoms with Crippen molar-refractivity contribution in [2.45, 2.75) is 19.0 Å². The lowest BCUT2D eigenvalue weighted by molar-refractivity contribution is -0.122. The lowest BCUT2D eigenvalue weighted by atomic mass is 10.1. The first-order valence-electron chi connectivity index (χ1n) is 10.2. The van der Waals surface area contributed by atoms with Crippen LogP contribution in [0.5, 0.6) is 5.75 Å². The fourth-order valence-electron chi connectivity index (χ4n) is 3.79. The fraction of sp³-hybridized carbons (Fsp3) is 0.160. The van der Waals surface area contributed by atoms with Crippen molar-refractivity contribution in [2.24, 2.45) is 0 Å². The van der Waals surface area contributed by atoms with Crippen LogP contribution >= 0.6 is 11.6 Å². The molecule has 33 heavy (non-hydrogen) atoms. The Morgan fingerprint density at radius 3 is 2.39 bits per heavy atom. The summed E-state index contributed by atoms with van der Waals surface area (Å²) in [5.41, 5.74) is 0.754. The van der Waals surface area contributed by atoms with E-state index in [1.54, 1.807) is 48.5 Å². The third-order valence-corrected chi connectivity index (χ3v) is 5.86. The molecule has 3 amide bonds. The second-order valence-corrected chi connectivity index (χ2v) is 7.90. The van der Waals surface area contributed by atoms with Crippen LogP contribution in [-0.4, -0.2) is 35.8 Å². The lowest BCUT2D eigenvalue weighted by Gasteiger charge is -2.28. The molecular weight excluding hydrogens is 447 g/mol. The fourth-order valence-corrected chi connectivity index (χ4v) is 3.98. The van der Waals surface area contributed by atoms with Gasteiger partial charge in [-0.1, -0.05) is 41.9 Å². The maximum Gasteiger partial charge on any atom is 0.257 e.